The lowest BCUT2D eigenvalue weighted by Gasteiger charge is -2.21. The minimum atomic E-state index is -4.96. The standard InChI is InChI=1S/C81H158O17P2/c1-8-10-11-12-13-14-15-16-17-18-22-25-30-35-40-48-55-62-78(83)91-68-76(97-80(85)64-57-50-41-36-31-26-23-20-19-21-24-28-33-38-45-52-59-72(3)4)70-95-99(87,88)93-66-75(82)67-94-100(89,90)96-71-77(69-92-79(84)63-56-49-44-43-47-54-61-74(7)9-2)98-81(86)65-58-51-42-37-32-27-29-34-39-46-53-60-73(5)6/h72-77,82H,8-71H2,1-7H3,(H,87,88)(H,89,90)/t74?,75-,76-,77-/m1/s1. The lowest BCUT2D eigenvalue weighted by molar-refractivity contribution is -0.161. The lowest BCUT2D eigenvalue weighted by atomic mass is 10.00. The van der Waals surface area contributed by atoms with Gasteiger partial charge in [0.05, 0.1) is 26.4 Å². The number of unbranched alkanes of at least 4 members (excludes halogenated alkanes) is 46. The smallest absolute Gasteiger partial charge is 0.462 e. The Labute approximate surface area is 613 Å². The van der Waals surface area contributed by atoms with Gasteiger partial charge in [-0.2, -0.15) is 0 Å². The monoisotopic (exact) mass is 1470 g/mol. The van der Waals surface area contributed by atoms with Crippen molar-refractivity contribution in [2.75, 3.05) is 39.6 Å². The van der Waals surface area contributed by atoms with Gasteiger partial charge >= 0.3 is 39.5 Å². The Morgan fingerprint density at radius 1 is 0.290 bits per heavy atom. The van der Waals surface area contributed by atoms with E-state index in [-0.39, 0.29) is 25.7 Å². The normalized spacial score (nSPS) is 14.2. The van der Waals surface area contributed by atoms with Crippen molar-refractivity contribution in [2.24, 2.45) is 17.8 Å². The fraction of sp³-hybridized carbons (Fsp3) is 0.951. The van der Waals surface area contributed by atoms with Crippen LogP contribution >= 0.6 is 15.6 Å². The molecule has 0 aliphatic heterocycles. The molecule has 100 heavy (non-hydrogen) atoms. The second kappa shape index (κ2) is 71.3. The van der Waals surface area contributed by atoms with Crippen molar-refractivity contribution in [3.05, 3.63) is 0 Å². The van der Waals surface area contributed by atoms with Crippen molar-refractivity contribution in [3.63, 3.8) is 0 Å². The molecule has 0 fully saturated rings. The van der Waals surface area contributed by atoms with Gasteiger partial charge in [-0.15, -0.1) is 0 Å². The Bertz CT molecular complexity index is 1940. The molecule has 0 radical (unpaired) electrons. The minimum Gasteiger partial charge on any atom is -0.462 e. The van der Waals surface area contributed by atoms with E-state index in [0.717, 1.165) is 114 Å². The Hall–Kier alpha value is -1.94. The van der Waals surface area contributed by atoms with Crippen molar-refractivity contribution < 1.29 is 80.2 Å². The molecule has 0 amide bonds. The van der Waals surface area contributed by atoms with Gasteiger partial charge < -0.3 is 33.8 Å². The maximum absolute atomic E-state index is 13.1. The first kappa shape index (κ1) is 98.1. The summed E-state index contributed by atoms with van der Waals surface area (Å²) >= 11 is 0. The molecular formula is C81H158O17P2. The summed E-state index contributed by atoms with van der Waals surface area (Å²) in [6, 6.07) is 0. The third-order valence-electron chi connectivity index (χ3n) is 19.2. The van der Waals surface area contributed by atoms with Crippen LogP contribution in [0.15, 0.2) is 0 Å². The van der Waals surface area contributed by atoms with Crippen LogP contribution in [-0.2, 0) is 65.4 Å². The third-order valence-corrected chi connectivity index (χ3v) is 21.1. The van der Waals surface area contributed by atoms with Crippen molar-refractivity contribution in [1.82, 2.24) is 0 Å². The number of phosphoric ester groups is 2. The zero-order valence-corrected chi connectivity index (χ0v) is 67.5. The van der Waals surface area contributed by atoms with Crippen LogP contribution in [0.2, 0.25) is 0 Å². The van der Waals surface area contributed by atoms with E-state index in [0.29, 0.717) is 25.7 Å². The summed E-state index contributed by atoms with van der Waals surface area (Å²) in [5, 5.41) is 10.6. The molecule has 0 aliphatic rings. The van der Waals surface area contributed by atoms with Gasteiger partial charge in [0.15, 0.2) is 12.2 Å². The highest BCUT2D eigenvalue weighted by Gasteiger charge is 2.30. The molecule has 3 unspecified atom stereocenters. The van der Waals surface area contributed by atoms with Crippen molar-refractivity contribution in [3.8, 4) is 0 Å². The second-order valence-corrected chi connectivity index (χ2v) is 33.3. The molecule has 3 N–H and O–H groups in total. The van der Waals surface area contributed by atoms with Crippen LogP contribution in [0, 0.1) is 17.8 Å². The van der Waals surface area contributed by atoms with E-state index >= 15 is 0 Å². The predicted molar refractivity (Wildman–Crippen MR) is 409 cm³/mol. The van der Waals surface area contributed by atoms with E-state index in [2.05, 4.69) is 48.5 Å². The number of carbonyl (C=O) groups excluding carboxylic acids is 4. The highest BCUT2D eigenvalue weighted by molar-refractivity contribution is 7.47. The summed E-state index contributed by atoms with van der Waals surface area (Å²) in [4.78, 5) is 73.0. The Morgan fingerprint density at radius 3 is 0.760 bits per heavy atom. The number of phosphoric acid groups is 2. The van der Waals surface area contributed by atoms with E-state index in [1.807, 2.05) is 0 Å². The van der Waals surface area contributed by atoms with E-state index in [9.17, 15) is 43.2 Å². The summed E-state index contributed by atoms with van der Waals surface area (Å²) in [6.45, 7) is 11.9. The van der Waals surface area contributed by atoms with Gasteiger partial charge in [0.2, 0.25) is 0 Å². The van der Waals surface area contributed by atoms with Crippen molar-refractivity contribution in [1.29, 1.82) is 0 Å². The average molecular weight is 1470 g/mol. The first-order chi connectivity index (χ1) is 48.3. The molecule has 0 heterocycles. The maximum Gasteiger partial charge on any atom is 0.472 e. The Kier molecular flexibility index (Phi) is 69.9. The molecule has 0 aromatic rings. The first-order valence-electron chi connectivity index (χ1n) is 41.9. The average Bonchev–Trinajstić information content (AvgIpc) is 0.940. The Balaban J connectivity index is 5.24. The van der Waals surface area contributed by atoms with Gasteiger partial charge in [0.25, 0.3) is 0 Å². The number of hydrogen-bond donors (Lipinski definition) is 3. The van der Waals surface area contributed by atoms with Gasteiger partial charge in [0.1, 0.15) is 19.3 Å². The number of carbonyl (C=O) groups is 4. The number of esters is 4. The lowest BCUT2D eigenvalue weighted by Crippen LogP contribution is -2.30. The fourth-order valence-electron chi connectivity index (χ4n) is 12.5. The topological polar surface area (TPSA) is 237 Å². The molecular weight excluding hydrogens is 1310 g/mol. The predicted octanol–water partition coefficient (Wildman–Crippen LogP) is 24.1. The molecule has 17 nitrogen and oxygen atoms in total. The number of ether oxygens (including phenoxy) is 4. The molecule has 0 rings (SSSR count). The molecule has 6 atom stereocenters. The van der Waals surface area contributed by atoms with Gasteiger partial charge in [-0.1, -0.05) is 370 Å². The maximum atomic E-state index is 13.1. The fourth-order valence-corrected chi connectivity index (χ4v) is 14.0. The van der Waals surface area contributed by atoms with Crippen LogP contribution in [0.5, 0.6) is 0 Å². The summed E-state index contributed by atoms with van der Waals surface area (Å²) in [7, 11) is -9.92. The SMILES string of the molecule is CCCCCCCCCCCCCCCCCCCC(=O)OC[C@H](COP(=O)(O)OC[C@@H](O)COP(=O)(O)OC[C@@H](COC(=O)CCCCCCCCC(C)CC)OC(=O)CCCCCCCCCCCCCC(C)C)OC(=O)CCCCCCCCCCCCCCCCCCC(C)C. The molecule has 594 valence electrons. The number of aliphatic hydroxyl groups excluding tert-OH is 1. The summed E-state index contributed by atoms with van der Waals surface area (Å²) in [5.41, 5.74) is 0. The molecule has 0 spiro atoms. The summed E-state index contributed by atoms with van der Waals surface area (Å²) < 4.78 is 68.7. The molecule has 0 aromatic carbocycles. The zero-order chi connectivity index (χ0) is 73.7. The quantitative estimate of drug-likeness (QED) is 0.0222. The van der Waals surface area contributed by atoms with E-state index in [4.69, 9.17) is 37.0 Å². The van der Waals surface area contributed by atoms with Gasteiger partial charge in [-0.25, -0.2) is 9.13 Å². The summed E-state index contributed by atoms with van der Waals surface area (Å²) in [5.74, 6) is 0.194. The van der Waals surface area contributed by atoms with E-state index in [1.54, 1.807) is 0 Å². The third kappa shape index (κ3) is 73.0. The molecule has 0 saturated carbocycles. The highest BCUT2D eigenvalue weighted by Crippen LogP contribution is 2.45. The molecule has 0 aliphatic carbocycles. The number of aliphatic hydroxyl groups is 1. The van der Waals surface area contributed by atoms with Crippen LogP contribution in [0.4, 0.5) is 0 Å². The van der Waals surface area contributed by atoms with E-state index < -0.39 is 97.5 Å². The largest absolute Gasteiger partial charge is 0.472 e. The van der Waals surface area contributed by atoms with Crippen LogP contribution < -0.4 is 0 Å². The second-order valence-electron chi connectivity index (χ2n) is 30.4. The van der Waals surface area contributed by atoms with Crippen molar-refractivity contribution in [2.45, 2.75) is 439 Å². The minimum absolute atomic E-state index is 0.106. The Morgan fingerprint density at radius 2 is 0.510 bits per heavy atom. The van der Waals surface area contributed by atoms with E-state index in [1.165, 1.54) is 225 Å². The zero-order valence-electron chi connectivity index (χ0n) is 65.7. The number of hydrogen-bond acceptors (Lipinski definition) is 15. The molecule has 0 bridgehead atoms. The molecule has 0 aromatic heterocycles. The van der Waals surface area contributed by atoms with Gasteiger partial charge in [0, 0.05) is 25.7 Å². The van der Waals surface area contributed by atoms with Crippen molar-refractivity contribution >= 4 is 39.5 Å². The van der Waals surface area contributed by atoms with Crippen LogP contribution in [0.1, 0.15) is 421 Å². The van der Waals surface area contributed by atoms with Gasteiger partial charge in [-0.05, 0) is 43.4 Å². The van der Waals surface area contributed by atoms with Crippen LogP contribution in [-0.4, -0.2) is 96.7 Å². The first-order valence-corrected chi connectivity index (χ1v) is 44.9. The number of rotatable bonds is 79. The summed E-state index contributed by atoms with van der Waals surface area (Å²) in [6.07, 6.45) is 59.7. The molecule has 0 saturated heterocycles. The van der Waals surface area contributed by atoms with Crippen LogP contribution in [0.3, 0.4) is 0 Å². The highest BCUT2D eigenvalue weighted by atomic mass is 31.2. The van der Waals surface area contributed by atoms with Crippen LogP contribution in [0.25, 0.3) is 0 Å². The van der Waals surface area contributed by atoms with Gasteiger partial charge in [-0.3, -0.25) is 37.3 Å². The molecule has 19 heteroatoms.